The molecule has 2 N–H and O–H groups in total. The lowest BCUT2D eigenvalue weighted by molar-refractivity contribution is 0.402. The standard InChI is InChI=1S/C17H20ClN3/c18-16-11-15(19)12-20-17(16)21-8-6-14(7-9-21)10-13-4-2-1-3-5-13/h1-5,11-12,14H,6-10,19H2. The van der Waals surface area contributed by atoms with Crippen molar-refractivity contribution < 1.29 is 0 Å². The van der Waals surface area contributed by atoms with E-state index in [9.17, 15) is 0 Å². The fourth-order valence-electron chi connectivity index (χ4n) is 2.97. The van der Waals surface area contributed by atoms with Crippen molar-refractivity contribution in [1.82, 2.24) is 4.98 Å². The van der Waals surface area contributed by atoms with Crippen molar-refractivity contribution in [3.8, 4) is 0 Å². The number of nitrogen functional groups attached to an aromatic ring is 1. The number of nitrogens with zero attached hydrogens (tertiary/aromatic N) is 2. The third-order valence-electron chi connectivity index (χ3n) is 4.12. The third kappa shape index (κ3) is 3.48. The molecule has 0 amide bonds. The summed E-state index contributed by atoms with van der Waals surface area (Å²) < 4.78 is 0. The summed E-state index contributed by atoms with van der Waals surface area (Å²) in [6.45, 7) is 2.02. The number of halogens is 1. The molecule has 4 heteroatoms. The van der Waals surface area contributed by atoms with E-state index in [0.29, 0.717) is 10.7 Å². The molecule has 0 atom stereocenters. The van der Waals surface area contributed by atoms with Crippen molar-refractivity contribution in [3.05, 3.63) is 53.2 Å². The fraction of sp³-hybridized carbons (Fsp3) is 0.353. The Bertz CT molecular complexity index is 592. The van der Waals surface area contributed by atoms with Crippen molar-refractivity contribution in [1.29, 1.82) is 0 Å². The average Bonchev–Trinajstić information content (AvgIpc) is 2.49. The van der Waals surface area contributed by atoms with Crippen molar-refractivity contribution in [2.75, 3.05) is 23.7 Å². The van der Waals surface area contributed by atoms with Crippen LogP contribution in [0.4, 0.5) is 11.5 Å². The van der Waals surface area contributed by atoms with Crippen LogP contribution in [0.1, 0.15) is 18.4 Å². The highest BCUT2D eigenvalue weighted by Crippen LogP contribution is 2.29. The predicted molar refractivity (Wildman–Crippen MR) is 88.7 cm³/mol. The highest BCUT2D eigenvalue weighted by molar-refractivity contribution is 6.33. The summed E-state index contributed by atoms with van der Waals surface area (Å²) in [7, 11) is 0. The van der Waals surface area contributed by atoms with E-state index in [1.807, 2.05) is 0 Å². The van der Waals surface area contributed by atoms with Gasteiger partial charge in [-0.1, -0.05) is 41.9 Å². The molecular weight excluding hydrogens is 282 g/mol. The van der Waals surface area contributed by atoms with Crippen LogP contribution in [0.2, 0.25) is 5.02 Å². The van der Waals surface area contributed by atoms with Gasteiger partial charge in [0.25, 0.3) is 0 Å². The Labute approximate surface area is 130 Å². The van der Waals surface area contributed by atoms with Crippen LogP contribution in [0.15, 0.2) is 42.6 Å². The van der Waals surface area contributed by atoms with E-state index in [2.05, 4.69) is 40.2 Å². The van der Waals surface area contributed by atoms with E-state index >= 15 is 0 Å². The second kappa shape index (κ2) is 6.35. The summed E-state index contributed by atoms with van der Waals surface area (Å²) in [5.74, 6) is 1.61. The van der Waals surface area contributed by atoms with Crippen LogP contribution in [0, 0.1) is 5.92 Å². The minimum Gasteiger partial charge on any atom is -0.397 e. The zero-order valence-electron chi connectivity index (χ0n) is 12.0. The maximum Gasteiger partial charge on any atom is 0.147 e. The number of hydrogen-bond donors (Lipinski definition) is 1. The number of piperidine rings is 1. The molecule has 21 heavy (non-hydrogen) atoms. The number of nitrogens with two attached hydrogens (primary N) is 1. The number of rotatable bonds is 3. The van der Waals surface area contributed by atoms with Gasteiger partial charge in [-0.25, -0.2) is 4.98 Å². The Balaban J connectivity index is 1.60. The van der Waals surface area contributed by atoms with Gasteiger partial charge in [-0.15, -0.1) is 0 Å². The van der Waals surface area contributed by atoms with Crippen LogP contribution >= 0.6 is 11.6 Å². The molecule has 0 unspecified atom stereocenters. The molecule has 0 aliphatic carbocycles. The monoisotopic (exact) mass is 301 g/mol. The van der Waals surface area contributed by atoms with Gasteiger partial charge >= 0.3 is 0 Å². The molecule has 1 aromatic carbocycles. The summed E-state index contributed by atoms with van der Waals surface area (Å²) in [4.78, 5) is 6.65. The number of pyridine rings is 1. The Kier molecular flexibility index (Phi) is 4.30. The first-order valence-electron chi connectivity index (χ1n) is 7.42. The Morgan fingerprint density at radius 3 is 2.57 bits per heavy atom. The second-order valence-electron chi connectivity index (χ2n) is 5.69. The van der Waals surface area contributed by atoms with E-state index in [1.54, 1.807) is 12.3 Å². The smallest absolute Gasteiger partial charge is 0.147 e. The molecule has 2 aromatic rings. The van der Waals surface area contributed by atoms with E-state index < -0.39 is 0 Å². The first-order chi connectivity index (χ1) is 10.2. The fourth-order valence-corrected chi connectivity index (χ4v) is 3.27. The van der Waals surface area contributed by atoms with Gasteiger partial charge in [0.1, 0.15) is 5.82 Å². The maximum atomic E-state index is 6.24. The van der Waals surface area contributed by atoms with Gasteiger partial charge in [0.2, 0.25) is 0 Å². The average molecular weight is 302 g/mol. The zero-order chi connectivity index (χ0) is 14.7. The largest absolute Gasteiger partial charge is 0.397 e. The van der Waals surface area contributed by atoms with Crippen molar-refractivity contribution in [2.45, 2.75) is 19.3 Å². The van der Waals surface area contributed by atoms with Gasteiger partial charge in [0.15, 0.2) is 0 Å². The van der Waals surface area contributed by atoms with E-state index in [0.717, 1.165) is 31.2 Å². The molecule has 0 bridgehead atoms. The maximum absolute atomic E-state index is 6.24. The molecule has 0 radical (unpaired) electrons. The topological polar surface area (TPSA) is 42.1 Å². The molecule has 0 spiro atoms. The molecule has 110 valence electrons. The number of aromatic nitrogens is 1. The van der Waals surface area contributed by atoms with Crippen molar-refractivity contribution in [2.24, 2.45) is 5.92 Å². The van der Waals surface area contributed by atoms with E-state index in [-0.39, 0.29) is 0 Å². The quantitative estimate of drug-likeness (QED) is 0.938. The Morgan fingerprint density at radius 1 is 1.19 bits per heavy atom. The molecular formula is C17H20ClN3. The Morgan fingerprint density at radius 2 is 1.90 bits per heavy atom. The predicted octanol–water partition coefficient (Wildman–Crippen LogP) is 3.78. The van der Waals surface area contributed by atoms with Gasteiger partial charge in [-0.05, 0) is 36.8 Å². The molecule has 2 heterocycles. The molecule has 3 rings (SSSR count). The lowest BCUT2D eigenvalue weighted by Gasteiger charge is -2.33. The summed E-state index contributed by atoms with van der Waals surface area (Å²) >= 11 is 6.24. The van der Waals surface area contributed by atoms with Crippen LogP contribution in [-0.2, 0) is 6.42 Å². The van der Waals surface area contributed by atoms with Crippen molar-refractivity contribution >= 4 is 23.1 Å². The van der Waals surface area contributed by atoms with E-state index in [1.165, 1.54) is 18.4 Å². The van der Waals surface area contributed by atoms with Gasteiger partial charge in [0.05, 0.1) is 16.9 Å². The van der Waals surface area contributed by atoms with Gasteiger partial charge in [-0.2, -0.15) is 0 Å². The lowest BCUT2D eigenvalue weighted by Crippen LogP contribution is -2.35. The molecule has 1 saturated heterocycles. The normalized spacial score (nSPS) is 16.1. The second-order valence-corrected chi connectivity index (χ2v) is 6.10. The number of benzene rings is 1. The van der Waals surface area contributed by atoms with Crippen LogP contribution in [0.5, 0.6) is 0 Å². The number of anilines is 2. The molecule has 1 aliphatic heterocycles. The minimum absolute atomic E-state index is 0.614. The van der Waals surface area contributed by atoms with Gasteiger partial charge in [-0.3, -0.25) is 0 Å². The lowest BCUT2D eigenvalue weighted by atomic mass is 9.90. The summed E-state index contributed by atoms with van der Waals surface area (Å²) in [6.07, 6.45) is 5.20. The van der Waals surface area contributed by atoms with Crippen molar-refractivity contribution in [3.63, 3.8) is 0 Å². The van der Waals surface area contributed by atoms with Crippen LogP contribution in [0.25, 0.3) is 0 Å². The Hall–Kier alpha value is -1.74. The van der Waals surface area contributed by atoms with Crippen LogP contribution < -0.4 is 10.6 Å². The van der Waals surface area contributed by atoms with Crippen LogP contribution in [0.3, 0.4) is 0 Å². The molecule has 1 aromatic heterocycles. The summed E-state index contributed by atoms with van der Waals surface area (Å²) in [5.41, 5.74) is 7.74. The summed E-state index contributed by atoms with van der Waals surface area (Å²) in [5, 5.41) is 0.650. The van der Waals surface area contributed by atoms with Gasteiger partial charge in [0, 0.05) is 13.1 Å². The molecule has 3 nitrogen and oxygen atoms in total. The molecule has 0 saturated carbocycles. The molecule has 1 aliphatic rings. The van der Waals surface area contributed by atoms with Crippen LogP contribution in [-0.4, -0.2) is 18.1 Å². The molecule has 1 fully saturated rings. The highest BCUT2D eigenvalue weighted by atomic mass is 35.5. The van der Waals surface area contributed by atoms with Gasteiger partial charge < -0.3 is 10.6 Å². The first-order valence-corrected chi connectivity index (χ1v) is 7.80. The minimum atomic E-state index is 0.614. The zero-order valence-corrected chi connectivity index (χ0v) is 12.8. The SMILES string of the molecule is Nc1cnc(N2CCC(Cc3ccccc3)CC2)c(Cl)c1. The first kappa shape index (κ1) is 14.2. The highest BCUT2D eigenvalue weighted by Gasteiger charge is 2.21. The summed E-state index contributed by atoms with van der Waals surface area (Å²) in [6, 6.07) is 12.5. The van der Waals surface area contributed by atoms with E-state index in [4.69, 9.17) is 17.3 Å². The third-order valence-corrected chi connectivity index (χ3v) is 4.40. The number of hydrogen-bond acceptors (Lipinski definition) is 3.